The van der Waals surface area contributed by atoms with Crippen molar-refractivity contribution in [1.29, 1.82) is 5.26 Å². The molecule has 5 heteroatoms. The fourth-order valence-corrected chi connectivity index (χ4v) is 2.18. The van der Waals surface area contributed by atoms with E-state index in [0.29, 0.717) is 17.1 Å². The zero-order valence-corrected chi connectivity index (χ0v) is 13.2. The normalized spacial score (nSPS) is 12.3. The first-order valence-corrected chi connectivity index (χ1v) is 7.34. The maximum Gasteiger partial charge on any atom is 0.191 e. The zero-order chi connectivity index (χ0) is 16.7. The molecule has 0 spiro atoms. The lowest BCUT2D eigenvalue weighted by atomic mass is 10.1. The molecule has 0 aliphatic carbocycles. The van der Waals surface area contributed by atoms with Gasteiger partial charge in [-0.3, -0.25) is 4.99 Å². The molecule has 118 valence electrons. The summed E-state index contributed by atoms with van der Waals surface area (Å²) in [7, 11) is 1.66. The van der Waals surface area contributed by atoms with Crippen LogP contribution in [-0.2, 0) is 6.54 Å². The van der Waals surface area contributed by atoms with Gasteiger partial charge >= 0.3 is 0 Å². The molecule has 0 saturated heterocycles. The molecular formula is C18H19FN4. The number of hydrogen-bond acceptors (Lipinski definition) is 2. The van der Waals surface area contributed by atoms with Gasteiger partial charge in [-0.25, -0.2) is 4.39 Å². The van der Waals surface area contributed by atoms with Crippen molar-refractivity contribution in [2.45, 2.75) is 19.5 Å². The summed E-state index contributed by atoms with van der Waals surface area (Å²) in [5.74, 6) is 0.228. The van der Waals surface area contributed by atoms with Crippen molar-refractivity contribution in [3.05, 3.63) is 71.0 Å². The standard InChI is InChI=1S/C18H19FN4/c1-13(15-6-4-3-5-7-15)23-18(21-2)22-12-16-10-14(11-20)8-9-17(16)19/h3-10,13H,12H2,1-2H3,(H2,21,22,23). The molecule has 4 nitrogen and oxygen atoms in total. The van der Waals surface area contributed by atoms with Crippen LogP contribution in [0.1, 0.15) is 29.7 Å². The first-order valence-electron chi connectivity index (χ1n) is 7.34. The van der Waals surface area contributed by atoms with Crippen LogP contribution in [0.3, 0.4) is 0 Å². The van der Waals surface area contributed by atoms with E-state index in [4.69, 9.17) is 5.26 Å². The van der Waals surface area contributed by atoms with Gasteiger partial charge in [-0.05, 0) is 30.7 Å². The third-order valence-corrected chi connectivity index (χ3v) is 3.50. The highest BCUT2D eigenvalue weighted by Crippen LogP contribution is 2.12. The molecule has 2 N–H and O–H groups in total. The molecule has 0 aliphatic rings. The van der Waals surface area contributed by atoms with Crippen LogP contribution in [0.4, 0.5) is 4.39 Å². The number of guanidine groups is 1. The maximum absolute atomic E-state index is 13.8. The summed E-state index contributed by atoms with van der Waals surface area (Å²) in [6.45, 7) is 2.28. The molecule has 0 heterocycles. The maximum atomic E-state index is 13.8. The van der Waals surface area contributed by atoms with E-state index in [0.717, 1.165) is 5.56 Å². The Hall–Kier alpha value is -2.87. The van der Waals surface area contributed by atoms with E-state index in [1.54, 1.807) is 7.05 Å². The average Bonchev–Trinajstić information content (AvgIpc) is 2.60. The SMILES string of the molecule is CN=C(NCc1cc(C#N)ccc1F)NC(C)c1ccccc1. The minimum absolute atomic E-state index is 0.0673. The number of hydrogen-bond donors (Lipinski definition) is 2. The third-order valence-electron chi connectivity index (χ3n) is 3.50. The molecule has 23 heavy (non-hydrogen) atoms. The van der Waals surface area contributed by atoms with Gasteiger partial charge in [-0.15, -0.1) is 0 Å². The van der Waals surface area contributed by atoms with E-state index >= 15 is 0 Å². The lowest BCUT2D eigenvalue weighted by molar-refractivity contribution is 0.602. The summed E-state index contributed by atoms with van der Waals surface area (Å²) in [5, 5.41) is 15.2. The van der Waals surface area contributed by atoms with Crippen LogP contribution in [0.5, 0.6) is 0 Å². The van der Waals surface area contributed by atoms with Crippen LogP contribution < -0.4 is 10.6 Å². The highest BCUT2D eigenvalue weighted by molar-refractivity contribution is 5.80. The largest absolute Gasteiger partial charge is 0.352 e. The Morgan fingerprint density at radius 1 is 1.26 bits per heavy atom. The summed E-state index contributed by atoms with van der Waals surface area (Å²) in [5.41, 5.74) is 2.00. The summed E-state index contributed by atoms with van der Waals surface area (Å²) in [6, 6.07) is 16.4. The van der Waals surface area contributed by atoms with Crippen molar-refractivity contribution in [3.8, 4) is 6.07 Å². The Labute approximate surface area is 135 Å². The molecule has 0 bridgehead atoms. The van der Waals surface area contributed by atoms with E-state index in [-0.39, 0.29) is 18.4 Å². The van der Waals surface area contributed by atoms with Crippen LogP contribution in [0, 0.1) is 17.1 Å². The van der Waals surface area contributed by atoms with Gasteiger partial charge in [-0.1, -0.05) is 30.3 Å². The number of nitrogens with zero attached hydrogens (tertiary/aromatic N) is 2. The first-order chi connectivity index (χ1) is 11.1. The first kappa shape index (κ1) is 16.5. The number of nitriles is 1. The topological polar surface area (TPSA) is 60.2 Å². The van der Waals surface area contributed by atoms with Gasteiger partial charge in [0.25, 0.3) is 0 Å². The van der Waals surface area contributed by atoms with E-state index in [1.165, 1.54) is 18.2 Å². The average molecular weight is 310 g/mol. The minimum Gasteiger partial charge on any atom is -0.352 e. The second-order valence-electron chi connectivity index (χ2n) is 5.12. The molecule has 0 aliphatic heterocycles. The molecule has 0 saturated carbocycles. The van der Waals surface area contributed by atoms with Crippen molar-refractivity contribution in [3.63, 3.8) is 0 Å². The highest BCUT2D eigenvalue weighted by atomic mass is 19.1. The Bertz CT molecular complexity index is 720. The highest BCUT2D eigenvalue weighted by Gasteiger charge is 2.09. The van der Waals surface area contributed by atoms with Gasteiger partial charge in [-0.2, -0.15) is 5.26 Å². The number of nitrogens with one attached hydrogen (secondary N) is 2. The molecule has 0 radical (unpaired) electrons. The molecule has 1 atom stereocenters. The van der Waals surface area contributed by atoms with E-state index < -0.39 is 0 Å². The predicted molar refractivity (Wildman–Crippen MR) is 89.3 cm³/mol. The lowest BCUT2D eigenvalue weighted by Crippen LogP contribution is -2.38. The van der Waals surface area contributed by atoms with Crippen LogP contribution in [-0.4, -0.2) is 13.0 Å². The van der Waals surface area contributed by atoms with Gasteiger partial charge in [0.2, 0.25) is 0 Å². The number of aliphatic imine (C=N–C) groups is 1. The van der Waals surface area contributed by atoms with Crippen LogP contribution in [0.25, 0.3) is 0 Å². The molecule has 0 aromatic heterocycles. The van der Waals surface area contributed by atoms with Gasteiger partial charge in [0, 0.05) is 19.2 Å². The van der Waals surface area contributed by atoms with Crippen molar-refractivity contribution in [2.75, 3.05) is 7.05 Å². The predicted octanol–water partition coefficient (Wildman–Crippen LogP) is 3.12. The monoisotopic (exact) mass is 310 g/mol. The van der Waals surface area contributed by atoms with Gasteiger partial charge in [0.15, 0.2) is 5.96 Å². The van der Waals surface area contributed by atoms with E-state index in [2.05, 4.69) is 15.6 Å². The summed E-state index contributed by atoms with van der Waals surface area (Å²) in [4.78, 5) is 4.15. The van der Waals surface area contributed by atoms with Crippen LogP contribution >= 0.6 is 0 Å². The molecule has 2 rings (SSSR count). The molecule has 0 amide bonds. The lowest BCUT2D eigenvalue weighted by Gasteiger charge is -2.18. The van der Waals surface area contributed by atoms with E-state index in [1.807, 2.05) is 43.3 Å². The number of halogens is 1. The Kier molecular flexibility index (Phi) is 5.70. The number of benzene rings is 2. The van der Waals surface area contributed by atoms with Crippen LogP contribution in [0.2, 0.25) is 0 Å². The quantitative estimate of drug-likeness (QED) is 0.674. The number of rotatable bonds is 4. The van der Waals surface area contributed by atoms with Gasteiger partial charge in [0.05, 0.1) is 17.7 Å². The Morgan fingerprint density at radius 3 is 2.65 bits per heavy atom. The van der Waals surface area contributed by atoms with Crippen LogP contribution in [0.15, 0.2) is 53.5 Å². The van der Waals surface area contributed by atoms with Gasteiger partial charge < -0.3 is 10.6 Å². The second kappa shape index (κ2) is 7.95. The summed E-state index contributed by atoms with van der Waals surface area (Å²) < 4.78 is 13.8. The zero-order valence-electron chi connectivity index (χ0n) is 13.2. The van der Waals surface area contributed by atoms with Crippen molar-refractivity contribution in [2.24, 2.45) is 4.99 Å². The minimum atomic E-state index is -0.344. The van der Waals surface area contributed by atoms with Crippen molar-refractivity contribution < 1.29 is 4.39 Å². The summed E-state index contributed by atoms with van der Waals surface area (Å²) >= 11 is 0. The molecule has 0 fully saturated rings. The fraction of sp³-hybridized carbons (Fsp3) is 0.222. The Balaban J connectivity index is 2.00. The Morgan fingerprint density at radius 2 is 2.00 bits per heavy atom. The molecule has 1 unspecified atom stereocenters. The van der Waals surface area contributed by atoms with E-state index in [9.17, 15) is 4.39 Å². The molecule has 2 aromatic rings. The van der Waals surface area contributed by atoms with Crippen molar-refractivity contribution >= 4 is 5.96 Å². The molecule has 2 aromatic carbocycles. The summed E-state index contributed by atoms with van der Waals surface area (Å²) in [6.07, 6.45) is 0. The van der Waals surface area contributed by atoms with Gasteiger partial charge in [0.1, 0.15) is 5.82 Å². The molecular weight excluding hydrogens is 291 g/mol. The third kappa shape index (κ3) is 4.55. The smallest absolute Gasteiger partial charge is 0.191 e. The fourth-order valence-electron chi connectivity index (χ4n) is 2.18. The second-order valence-corrected chi connectivity index (χ2v) is 5.12. The van der Waals surface area contributed by atoms with Crippen molar-refractivity contribution in [1.82, 2.24) is 10.6 Å².